The predicted molar refractivity (Wildman–Crippen MR) is 104 cm³/mol. The summed E-state index contributed by atoms with van der Waals surface area (Å²) in [5.41, 5.74) is 0. The van der Waals surface area contributed by atoms with Crippen molar-refractivity contribution in [3.8, 4) is 0 Å². The Kier molecular flexibility index (Phi) is 6.80. The van der Waals surface area contributed by atoms with E-state index in [1.165, 1.54) is 19.3 Å². The molecule has 8 heteroatoms. The smallest absolute Gasteiger partial charge is 0.317 e. The van der Waals surface area contributed by atoms with E-state index in [1.54, 1.807) is 0 Å². The molecule has 156 valence electrons. The molecule has 0 saturated carbocycles. The lowest BCUT2D eigenvalue weighted by atomic mass is 10.1. The number of fused-ring (bicyclic) bond motifs is 1. The van der Waals surface area contributed by atoms with Crippen LogP contribution in [-0.4, -0.2) is 70.8 Å². The van der Waals surface area contributed by atoms with Crippen molar-refractivity contribution in [2.75, 3.05) is 32.8 Å². The highest BCUT2D eigenvalue weighted by Gasteiger charge is 2.25. The molecule has 2 amide bonds. The average Bonchev–Trinajstić information content (AvgIpc) is 3.31. The van der Waals surface area contributed by atoms with Gasteiger partial charge in [-0.15, -0.1) is 10.2 Å². The number of likely N-dealkylation sites (tertiary alicyclic amines) is 1. The number of ether oxygens (including phenoxy) is 2. The summed E-state index contributed by atoms with van der Waals surface area (Å²) in [5, 5.41) is 11.7. The fourth-order valence-electron chi connectivity index (χ4n) is 4.37. The Morgan fingerprint density at radius 3 is 2.82 bits per heavy atom. The van der Waals surface area contributed by atoms with Gasteiger partial charge in [-0.2, -0.15) is 0 Å². The van der Waals surface area contributed by atoms with Crippen LogP contribution in [0.5, 0.6) is 0 Å². The minimum atomic E-state index is 0.0215. The number of piperidine rings is 1. The molecule has 1 N–H and O–H groups in total. The van der Waals surface area contributed by atoms with E-state index < -0.39 is 0 Å². The summed E-state index contributed by atoms with van der Waals surface area (Å²) in [6.07, 6.45) is 9.97. The topological polar surface area (TPSA) is 81.5 Å². The van der Waals surface area contributed by atoms with Gasteiger partial charge in [-0.05, 0) is 38.5 Å². The maximum atomic E-state index is 12.5. The average molecular weight is 392 g/mol. The monoisotopic (exact) mass is 391 g/mol. The number of aryl methyl sites for hydroxylation is 1. The second kappa shape index (κ2) is 9.69. The summed E-state index contributed by atoms with van der Waals surface area (Å²) in [4.78, 5) is 14.4. The van der Waals surface area contributed by atoms with Crippen LogP contribution in [0.2, 0.25) is 0 Å². The lowest BCUT2D eigenvalue weighted by Crippen LogP contribution is -2.46. The number of nitrogens with zero attached hydrogens (tertiary/aromatic N) is 4. The molecule has 8 nitrogen and oxygen atoms in total. The zero-order valence-electron chi connectivity index (χ0n) is 16.8. The van der Waals surface area contributed by atoms with Crippen LogP contribution in [0, 0.1) is 0 Å². The van der Waals surface area contributed by atoms with Gasteiger partial charge in [0.15, 0.2) is 0 Å². The normalized spacial score (nSPS) is 23.4. The van der Waals surface area contributed by atoms with Gasteiger partial charge in [0.2, 0.25) is 0 Å². The molecule has 3 aliphatic heterocycles. The van der Waals surface area contributed by atoms with Gasteiger partial charge >= 0.3 is 6.03 Å². The van der Waals surface area contributed by atoms with Crippen LogP contribution >= 0.6 is 0 Å². The third kappa shape index (κ3) is 5.03. The quantitative estimate of drug-likeness (QED) is 0.801. The molecule has 4 heterocycles. The van der Waals surface area contributed by atoms with Gasteiger partial charge in [0.1, 0.15) is 11.6 Å². The fraction of sp³-hybridized carbons (Fsp3) is 0.850. The Morgan fingerprint density at radius 1 is 1.11 bits per heavy atom. The lowest BCUT2D eigenvalue weighted by molar-refractivity contribution is -0.0381. The number of carbonyl (C=O) groups is 1. The zero-order chi connectivity index (χ0) is 19.2. The number of carbonyl (C=O) groups excluding carboxylic acids is 1. The molecule has 1 atom stereocenters. The van der Waals surface area contributed by atoms with Crippen molar-refractivity contribution >= 4 is 6.03 Å². The third-order valence-electron chi connectivity index (χ3n) is 6.08. The lowest BCUT2D eigenvalue weighted by Gasteiger charge is -2.32. The molecule has 4 rings (SSSR count). The van der Waals surface area contributed by atoms with Gasteiger partial charge in [0.25, 0.3) is 0 Å². The first kappa shape index (κ1) is 19.6. The van der Waals surface area contributed by atoms with E-state index in [9.17, 15) is 4.79 Å². The van der Waals surface area contributed by atoms with Crippen LogP contribution in [0.25, 0.3) is 0 Å². The van der Waals surface area contributed by atoms with Gasteiger partial charge in [-0.1, -0.05) is 6.42 Å². The molecule has 3 aliphatic rings. The summed E-state index contributed by atoms with van der Waals surface area (Å²) >= 11 is 0. The number of urea groups is 1. The standard InChI is InChI=1S/C20H33N5O3/c26-20(21-10-7-19-23-22-18-6-2-1-3-11-25(18)19)24-12-8-16(9-13-24)28-15-17-5-4-14-27-17/h16-17H,1-15H2,(H,21,26). The number of aromatic nitrogens is 3. The Bertz CT molecular complexity index is 636. The molecule has 2 fully saturated rings. The molecular formula is C20H33N5O3. The molecule has 0 bridgehead atoms. The highest BCUT2D eigenvalue weighted by Crippen LogP contribution is 2.18. The number of nitrogens with one attached hydrogen (secondary N) is 1. The third-order valence-corrected chi connectivity index (χ3v) is 6.08. The van der Waals surface area contributed by atoms with Crippen molar-refractivity contribution in [2.24, 2.45) is 0 Å². The Hall–Kier alpha value is -1.67. The van der Waals surface area contributed by atoms with E-state index in [0.29, 0.717) is 13.2 Å². The van der Waals surface area contributed by atoms with Crippen LogP contribution in [0.3, 0.4) is 0 Å². The van der Waals surface area contributed by atoms with Crippen molar-refractivity contribution < 1.29 is 14.3 Å². The van der Waals surface area contributed by atoms with Crippen LogP contribution in [0.4, 0.5) is 4.79 Å². The predicted octanol–water partition coefficient (Wildman–Crippen LogP) is 1.92. The van der Waals surface area contributed by atoms with E-state index in [2.05, 4.69) is 20.1 Å². The van der Waals surface area contributed by atoms with Crippen molar-refractivity contribution in [3.63, 3.8) is 0 Å². The Morgan fingerprint density at radius 2 is 2.00 bits per heavy atom. The SMILES string of the molecule is O=C(NCCc1nnc2n1CCCCC2)N1CCC(OCC2CCCO2)CC1. The van der Waals surface area contributed by atoms with Gasteiger partial charge in [0, 0.05) is 45.6 Å². The van der Waals surface area contributed by atoms with Gasteiger partial charge in [-0.25, -0.2) is 4.79 Å². The molecule has 2 saturated heterocycles. The summed E-state index contributed by atoms with van der Waals surface area (Å²) in [5.74, 6) is 2.10. The number of hydrogen-bond acceptors (Lipinski definition) is 5. The van der Waals surface area contributed by atoms with Crippen LogP contribution < -0.4 is 5.32 Å². The molecule has 1 aromatic heterocycles. The Labute approximate surface area is 167 Å². The first-order valence-electron chi connectivity index (χ1n) is 11.0. The molecule has 1 aromatic rings. The summed E-state index contributed by atoms with van der Waals surface area (Å²) in [6, 6.07) is 0.0215. The summed E-state index contributed by atoms with van der Waals surface area (Å²) in [7, 11) is 0. The van der Waals surface area contributed by atoms with Crippen LogP contribution in [0.1, 0.15) is 56.6 Å². The highest BCUT2D eigenvalue weighted by atomic mass is 16.5. The molecule has 28 heavy (non-hydrogen) atoms. The van der Waals surface area contributed by atoms with Gasteiger partial charge < -0.3 is 24.3 Å². The minimum absolute atomic E-state index is 0.0215. The van der Waals surface area contributed by atoms with E-state index >= 15 is 0 Å². The van der Waals surface area contributed by atoms with Crippen molar-refractivity contribution in [2.45, 2.75) is 76.5 Å². The van der Waals surface area contributed by atoms with Crippen LogP contribution in [0.15, 0.2) is 0 Å². The largest absolute Gasteiger partial charge is 0.376 e. The number of amides is 2. The number of rotatable bonds is 6. The van der Waals surface area contributed by atoms with E-state index in [-0.39, 0.29) is 18.2 Å². The maximum absolute atomic E-state index is 12.5. The number of hydrogen-bond donors (Lipinski definition) is 1. The molecule has 0 aromatic carbocycles. The van der Waals surface area contributed by atoms with Crippen LogP contribution in [-0.2, 0) is 28.9 Å². The summed E-state index contributed by atoms with van der Waals surface area (Å²) < 4.78 is 13.8. The van der Waals surface area contributed by atoms with Crippen molar-refractivity contribution in [3.05, 3.63) is 11.6 Å². The Balaban J connectivity index is 1.15. The molecule has 1 unspecified atom stereocenters. The molecule has 0 aliphatic carbocycles. The van der Waals surface area contributed by atoms with E-state index in [0.717, 1.165) is 76.4 Å². The second-order valence-electron chi connectivity index (χ2n) is 8.13. The minimum Gasteiger partial charge on any atom is -0.376 e. The second-order valence-corrected chi connectivity index (χ2v) is 8.13. The van der Waals surface area contributed by atoms with E-state index in [1.807, 2.05) is 4.90 Å². The molecule has 0 spiro atoms. The zero-order valence-corrected chi connectivity index (χ0v) is 16.8. The first-order valence-corrected chi connectivity index (χ1v) is 11.0. The molecular weight excluding hydrogens is 358 g/mol. The van der Waals surface area contributed by atoms with Crippen molar-refractivity contribution in [1.82, 2.24) is 25.0 Å². The first-order chi connectivity index (χ1) is 13.8. The molecule has 0 radical (unpaired) electrons. The fourth-order valence-corrected chi connectivity index (χ4v) is 4.37. The van der Waals surface area contributed by atoms with Gasteiger partial charge in [-0.3, -0.25) is 0 Å². The maximum Gasteiger partial charge on any atom is 0.317 e. The highest BCUT2D eigenvalue weighted by molar-refractivity contribution is 5.74. The van der Waals surface area contributed by atoms with Gasteiger partial charge in [0.05, 0.1) is 18.8 Å². The summed E-state index contributed by atoms with van der Waals surface area (Å²) in [6.45, 7) is 4.67. The van der Waals surface area contributed by atoms with E-state index in [4.69, 9.17) is 9.47 Å². The van der Waals surface area contributed by atoms with Crippen molar-refractivity contribution in [1.29, 1.82) is 0 Å².